The number of rotatable bonds is 1. The number of nitrogens with zero attached hydrogens (tertiary/aromatic N) is 2. The Bertz CT molecular complexity index is 661. The van der Waals surface area contributed by atoms with E-state index >= 15 is 0 Å². The fourth-order valence-electron chi connectivity index (χ4n) is 3.52. The van der Waals surface area contributed by atoms with Gasteiger partial charge in [-0.05, 0) is 42.7 Å². The summed E-state index contributed by atoms with van der Waals surface area (Å²) in [7, 11) is 0. The molecule has 1 aromatic rings. The summed E-state index contributed by atoms with van der Waals surface area (Å²) in [5, 5.41) is 9.93. The second-order valence-electron chi connectivity index (χ2n) is 6.31. The minimum Gasteiger partial charge on any atom is -0.364 e. The molecule has 1 saturated heterocycles. The zero-order valence-electron chi connectivity index (χ0n) is 13.1. The summed E-state index contributed by atoms with van der Waals surface area (Å²) in [6.07, 6.45) is 6.79. The Morgan fingerprint density at radius 3 is 2.78 bits per heavy atom. The van der Waals surface area contributed by atoms with E-state index in [1.165, 1.54) is 11.3 Å². The van der Waals surface area contributed by atoms with Crippen LogP contribution in [0.4, 0.5) is 11.4 Å². The number of fused-ring (bicyclic) bond motifs is 1. The molecule has 4 N–H and O–H groups in total. The van der Waals surface area contributed by atoms with Crippen molar-refractivity contribution in [3.05, 3.63) is 46.6 Å². The standard InChI is InChI=1S/C17H22ClN5/c18-12-5-6-15-16(11-12)21-17(22-7-9-23(19)10-8-22)13-3-1-2-4-14(13)20-15/h2,4-6,11,17,20-21H,1,3,7-10,19H2. The molecule has 0 spiro atoms. The maximum absolute atomic E-state index is 6.20. The van der Waals surface area contributed by atoms with Gasteiger partial charge < -0.3 is 10.6 Å². The quantitative estimate of drug-likeness (QED) is 0.691. The summed E-state index contributed by atoms with van der Waals surface area (Å²) >= 11 is 6.20. The summed E-state index contributed by atoms with van der Waals surface area (Å²) in [6, 6.07) is 5.96. The zero-order chi connectivity index (χ0) is 15.8. The van der Waals surface area contributed by atoms with Crippen LogP contribution < -0.4 is 16.5 Å². The lowest BCUT2D eigenvalue weighted by atomic mass is 9.98. The molecule has 5 nitrogen and oxygen atoms in total. The van der Waals surface area contributed by atoms with E-state index in [0.717, 1.165) is 55.4 Å². The molecule has 4 rings (SSSR count). The molecule has 0 amide bonds. The minimum atomic E-state index is 0.191. The van der Waals surface area contributed by atoms with Crippen LogP contribution in [0.2, 0.25) is 5.02 Å². The second-order valence-corrected chi connectivity index (χ2v) is 6.75. The first-order chi connectivity index (χ1) is 11.2. The van der Waals surface area contributed by atoms with Crippen LogP contribution in [0.25, 0.3) is 0 Å². The van der Waals surface area contributed by atoms with Crippen LogP contribution in [0.3, 0.4) is 0 Å². The molecule has 1 atom stereocenters. The molecule has 0 bridgehead atoms. The first-order valence-electron chi connectivity index (χ1n) is 8.17. The maximum Gasteiger partial charge on any atom is 0.104 e. The van der Waals surface area contributed by atoms with Gasteiger partial charge in [-0.15, -0.1) is 0 Å². The van der Waals surface area contributed by atoms with Crippen molar-refractivity contribution in [2.24, 2.45) is 5.84 Å². The Morgan fingerprint density at radius 1 is 1.13 bits per heavy atom. The van der Waals surface area contributed by atoms with Gasteiger partial charge in [-0.2, -0.15) is 0 Å². The number of nitrogens with one attached hydrogen (secondary N) is 2. The van der Waals surface area contributed by atoms with Gasteiger partial charge in [-0.1, -0.05) is 17.7 Å². The van der Waals surface area contributed by atoms with Crippen molar-refractivity contribution >= 4 is 23.0 Å². The average molecular weight is 332 g/mol. The molecule has 0 radical (unpaired) electrons. The minimum absolute atomic E-state index is 0.191. The van der Waals surface area contributed by atoms with Crippen LogP contribution in [-0.4, -0.2) is 42.3 Å². The van der Waals surface area contributed by atoms with Crippen molar-refractivity contribution in [1.29, 1.82) is 0 Å². The molecular formula is C17H22ClN5. The fourth-order valence-corrected chi connectivity index (χ4v) is 3.69. The van der Waals surface area contributed by atoms with Gasteiger partial charge in [0.1, 0.15) is 6.17 Å². The fraction of sp³-hybridized carbons (Fsp3) is 0.412. The molecule has 1 aromatic carbocycles. The number of nitrogens with two attached hydrogens (primary N) is 1. The molecule has 122 valence electrons. The van der Waals surface area contributed by atoms with Crippen LogP contribution in [0.15, 0.2) is 41.6 Å². The van der Waals surface area contributed by atoms with E-state index in [-0.39, 0.29) is 6.17 Å². The third-order valence-electron chi connectivity index (χ3n) is 4.80. The molecule has 2 heterocycles. The first-order valence-corrected chi connectivity index (χ1v) is 8.55. The average Bonchev–Trinajstić information content (AvgIpc) is 2.72. The number of halogens is 1. The van der Waals surface area contributed by atoms with Crippen molar-refractivity contribution < 1.29 is 0 Å². The number of benzene rings is 1. The molecule has 23 heavy (non-hydrogen) atoms. The highest BCUT2D eigenvalue weighted by Gasteiger charge is 2.30. The predicted molar refractivity (Wildman–Crippen MR) is 95.2 cm³/mol. The van der Waals surface area contributed by atoms with Crippen molar-refractivity contribution in [3.8, 4) is 0 Å². The van der Waals surface area contributed by atoms with E-state index in [0.29, 0.717) is 0 Å². The van der Waals surface area contributed by atoms with Gasteiger partial charge in [0.25, 0.3) is 0 Å². The van der Waals surface area contributed by atoms with Crippen molar-refractivity contribution in [2.75, 3.05) is 36.8 Å². The lowest BCUT2D eigenvalue weighted by Gasteiger charge is -2.39. The molecule has 2 aliphatic heterocycles. The number of hydrogen-bond acceptors (Lipinski definition) is 5. The van der Waals surface area contributed by atoms with E-state index < -0.39 is 0 Å². The SMILES string of the molecule is NN1CCN(C2Nc3cc(Cl)ccc3NC3=C2CCC=C3)CC1. The van der Waals surface area contributed by atoms with E-state index in [9.17, 15) is 0 Å². The van der Waals surface area contributed by atoms with E-state index in [1.807, 2.05) is 23.2 Å². The van der Waals surface area contributed by atoms with Gasteiger partial charge in [0.2, 0.25) is 0 Å². The molecule has 3 aliphatic rings. The summed E-state index contributed by atoms with van der Waals surface area (Å²) in [5.41, 5.74) is 4.77. The van der Waals surface area contributed by atoms with Gasteiger partial charge in [0, 0.05) is 36.9 Å². The Morgan fingerprint density at radius 2 is 1.96 bits per heavy atom. The number of piperazine rings is 1. The normalized spacial score (nSPS) is 25.2. The van der Waals surface area contributed by atoms with Crippen molar-refractivity contribution in [3.63, 3.8) is 0 Å². The molecule has 1 unspecified atom stereocenters. The lowest BCUT2D eigenvalue weighted by Crippen LogP contribution is -2.55. The van der Waals surface area contributed by atoms with E-state index in [2.05, 4.69) is 27.7 Å². The zero-order valence-corrected chi connectivity index (χ0v) is 13.8. The Labute approximate surface area is 141 Å². The molecule has 0 aromatic heterocycles. The first kappa shape index (κ1) is 15.0. The monoisotopic (exact) mass is 331 g/mol. The number of hydrazine groups is 1. The number of anilines is 2. The van der Waals surface area contributed by atoms with Gasteiger partial charge >= 0.3 is 0 Å². The van der Waals surface area contributed by atoms with Crippen LogP contribution >= 0.6 is 11.6 Å². The third-order valence-corrected chi connectivity index (χ3v) is 5.03. The van der Waals surface area contributed by atoms with Gasteiger partial charge in [-0.25, -0.2) is 5.01 Å². The van der Waals surface area contributed by atoms with E-state index in [4.69, 9.17) is 17.4 Å². The van der Waals surface area contributed by atoms with Crippen LogP contribution in [-0.2, 0) is 0 Å². The summed E-state index contributed by atoms with van der Waals surface area (Å²) in [6.45, 7) is 3.72. The van der Waals surface area contributed by atoms with Gasteiger partial charge in [0.05, 0.1) is 11.4 Å². The number of allylic oxidation sites excluding steroid dienone is 2. The largest absolute Gasteiger partial charge is 0.364 e. The van der Waals surface area contributed by atoms with Crippen LogP contribution in [0.1, 0.15) is 12.8 Å². The summed E-state index contributed by atoms with van der Waals surface area (Å²) < 4.78 is 0. The molecule has 1 aliphatic carbocycles. The molecule has 1 fully saturated rings. The highest BCUT2D eigenvalue weighted by molar-refractivity contribution is 6.31. The van der Waals surface area contributed by atoms with Gasteiger partial charge in [-0.3, -0.25) is 10.7 Å². The van der Waals surface area contributed by atoms with Gasteiger partial charge in [0.15, 0.2) is 0 Å². The predicted octanol–water partition coefficient (Wildman–Crippen LogP) is 2.60. The Kier molecular flexibility index (Phi) is 4.03. The van der Waals surface area contributed by atoms with Crippen molar-refractivity contribution in [2.45, 2.75) is 19.0 Å². The second kappa shape index (κ2) is 6.17. The molecular weight excluding hydrogens is 310 g/mol. The maximum atomic E-state index is 6.20. The van der Waals surface area contributed by atoms with Crippen molar-refractivity contribution in [1.82, 2.24) is 9.91 Å². The molecule has 6 heteroatoms. The molecule has 0 saturated carbocycles. The Hall–Kier alpha value is -1.53. The van der Waals surface area contributed by atoms with Crippen LogP contribution in [0.5, 0.6) is 0 Å². The number of hydrogen-bond donors (Lipinski definition) is 3. The summed E-state index contributed by atoms with van der Waals surface area (Å²) in [5.74, 6) is 5.92. The highest BCUT2D eigenvalue weighted by atomic mass is 35.5. The van der Waals surface area contributed by atoms with E-state index in [1.54, 1.807) is 0 Å². The highest BCUT2D eigenvalue weighted by Crippen LogP contribution is 2.36. The van der Waals surface area contributed by atoms with Crippen LogP contribution in [0, 0.1) is 0 Å². The smallest absolute Gasteiger partial charge is 0.104 e. The topological polar surface area (TPSA) is 56.6 Å². The lowest BCUT2D eigenvalue weighted by molar-refractivity contribution is 0.116. The summed E-state index contributed by atoms with van der Waals surface area (Å²) in [4.78, 5) is 2.48. The Balaban J connectivity index is 1.71. The third kappa shape index (κ3) is 2.97.